The normalized spacial score (nSPS) is 14.3. The quantitative estimate of drug-likeness (QED) is 0.797. The molecule has 0 atom stereocenters. The van der Waals surface area contributed by atoms with Crippen LogP contribution in [0.5, 0.6) is 0 Å². The van der Waals surface area contributed by atoms with Crippen LogP contribution in [0.2, 0.25) is 0 Å². The molecule has 2 aromatic rings. The van der Waals surface area contributed by atoms with Crippen LogP contribution in [0.25, 0.3) is 0 Å². The van der Waals surface area contributed by atoms with Crippen LogP contribution in [0, 0.1) is 5.92 Å². The van der Waals surface area contributed by atoms with Crippen molar-refractivity contribution in [3.8, 4) is 0 Å². The summed E-state index contributed by atoms with van der Waals surface area (Å²) in [5.74, 6) is 0.994. The summed E-state index contributed by atoms with van der Waals surface area (Å²) in [6.45, 7) is 1.11. The molecule has 1 aliphatic carbocycles. The van der Waals surface area contributed by atoms with Crippen LogP contribution in [-0.2, 0) is 6.42 Å². The molecule has 0 bridgehead atoms. The zero-order valence-corrected chi connectivity index (χ0v) is 11.3. The molecule has 0 saturated heterocycles. The van der Waals surface area contributed by atoms with Gasteiger partial charge in [-0.3, -0.25) is 0 Å². The van der Waals surface area contributed by atoms with Crippen LogP contribution in [0.3, 0.4) is 0 Å². The van der Waals surface area contributed by atoms with Crippen molar-refractivity contribution in [2.24, 2.45) is 5.92 Å². The Labute approximate surface area is 115 Å². The van der Waals surface area contributed by atoms with E-state index in [1.54, 1.807) is 0 Å². The standard InChI is InChI=1S/C18H21N/c1-2-6-16(7-3-1)14-17-8-4-5-9-18(17)19-13-12-15-10-11-15/h1-9,15,19H,10-14H2. The van der Waals surface area contributed by atoms with Crippen molar-refractivity contribution in [3.63, 3.8) is 0 Å². The van der Waals surface area contributed by atoms with Gasteiger partial charge in [-0.05, 0) is 36.0 Å². The second kappa shape index (κ2) is 5.92. The van der Waals surface area contributed by atoms with Crippen molar-refractivity contribution in [2.45, 2.75) is 25.7 Å². The minimum Gasteiger partial charge on any atom is -0.385 e. The van der Waals surface area contributed by atoms with Crippen molar-refractivity contribution in [3.05, 3.63) is 65.7 Å². The summed E-state index contributed by atoms with van der Waals surface area (Å²) >= 11 is 0. The second-order valence-electron chi connectivity index (χ2n) is 5.48. The van der Waals surface area contributed by atoms with Gasteiger partial charge in [0.15, 0.2) is 0 Å². The molecule has 0 radical (unpaired) electrons. The molecular weight excluding hydrogens is 230 g/mol. The van der Waals surface area contributed by atoms with E-state index in [1.165, 1.54) is 36.1 Å². The third-order valence-electron chi connectivity index (χ3n) is 3.82. The first-order chi connectivity index (χ1) is 9.42. The molecule has 0 unspecified atom stereocenters. The Bertz CT molecular complexity index is 514. The van der Waals surface area contributed by atoms with Gasteiger partial charge in [0, 0.05) is 12.2 Å². The molecule has 3 rings (SSSR count). The Morgan fingerprint density at radius 2 is 1.63 bits per heavy atom. The van der Waals surface area contributed by atoms with Crippen molar-refractivity contribution in [1.29, 1.82) is 0 Å². The highest BCUT2D eigenvalue weighted by Gasteiger charge is 2.20. The van der Waals surface area contributed by atoms with E-state index in [1.807, 2.05) is 0 Å². The van der Waals surface area contributed by atoms with E-state index in [9.17, 15) is 0 Å². The van der Waals surface area contributed by atoms with Gasteiger partial charge in [0.2, 0.25) is 0 Å². The fraction of sp³-hybridized carbons (Fsp3) is 0.333. The first kappa shape index (κ1) is 12.3. The molecule has 2 aromatic carbocycles. The van der Waals surface area contributed by atoms with Gasteiger partial charge in [-0.15, -0.1) is 0 Å². The Morgan fingerprint density at radius 3 is 2.42 bits per heavy atom. The molecule has 0 spiro atoms. The number of hydrogen-bond donors (Lipinski definition) is 1. The first-order valence-electron chi connectivity index (χ1n) is 7.27. The Morgan fingerprint density at radius 1 is 0.895 bits per heavy atom. The number of rotatable bonds is 6. The molecule has 98 valence electrons. The predicted octanol–water partition coefficient (Wildman–Crippen LogP) is 4.49. The van der Waals surface area contributed by atoms with Crippen molar-refractivity contribution in [1.82, 2.24) is 0 Å². The maximum Gasteiger partial charge on any atom is 0.0376 e. The van der Waals surface area contributed by atoms with Gasteiger partial charge in [0.25, 0.3) is 0 Å². The number of anilines is 1. The largest absolute Gasteiger partial charge is 0.385 e. The highest BCUT2D eigenvalue weighted by molar-refractivity contribution is 5.52. The molecule has 1 nitrogen and oxygen atoms in total. The van der Waals surface area contributed by atoms with Crippen molar-refractivity contribution < 1.29 is 0 Å². The smallest absolute Gasteiger partial charge is 0.0376 e. The van der Waals surface area contributed by atoms with E-state index in [4.69, 9.17) is 0 Å². The lowest BCUT2D eigenvalue weighted by Crippen LogP contribution is -2.05. The molecular formula is C18H21N. The van der Waals surface area contributed by atoms with Gasteiger partial charge < -0.3 is 5.32 Å². The van der Waals surface area contributed by atoms with Gasteiger partial charge in [0.1, 0.15) is 0 Å². The number of para-hydroxylation sites is 1. The molecule has 0 amide bonds. The van der Waals surface area contributed by atoms with Gasteiger partial charge in [-0.25, -0.2) is 0 Å². The van der Waals surface area contributed by atoms with E-state index in [0.717, 1.165) is 18.9 Å². The zero-order chi connectivity index (χ0) is 12.9. The Kier molecular flexibility index (Phi) is 3.83. The van der Waals surface area contributed by atoms with Crippen LogP contribution in [0.15, 0.2) is 54.6 Å². The number of benzene rings is 2. The number of nitrogens with one attached hydrogen (secondary N) is 1. The molecule has 1 fully saturated rings. The van der Waals surface area contributed by atoms with E-state index >= 15 is 0 Å². The summed E-state index contributed by atoms with van der Waals surface area (Å²) in [5, 5.41) is 3.60. The van der Waals surface area contributed by atoms with Gasteiger partial charge >= 0.3 is 0 Å². The van der Waals surface area contributed by atoms with E-state index < -0.39 is 0 Å². The summed E-state index contributed by atoms with van der Waals surface area (Å²) < 4.78 is 0. The molecule has 1 aliphatic rings. The average Bonchev–Trinajstić information content (AvgIpc) is 3.26. The van der Waals surface area contributed by atoms with Crippen LogP contribution in [0.4, 0.5) is 5.69 Å². The average molecular weight is 251 g/mol. The molecule has 0 heterocycles. The highest BCUT2D eigenvalue weighted by atomic mass is 14.9. The fourth-order valence-electron chi connectivity index (χ4n) is 2.48. The highest BCUT2D eigenvalue weighted by Crippen LogP contribution is 2.32. The monoisotopic (exact) mass is 251 g/mol. The van der Waals surface area contributed by atoms with Gasteiger partial charge in [-0.2, -0.15) is 0 Å². The van der Waals surface area contributed by atoms with Crippen LogP contribution in [-0.4, -0.2) is 6.54 Å². The molecule has 0 aliphatic heterocycles. The second-order valence-corrected chi connectivity index (χ2v) is 5.48. The summed E-state index contributed by atoms with van der Waals surface area (Å²) in [4.78, 5) is 0. The fourth-order valence-corrected chi connectivity index (χ4v) is 2.48. The van der Waals surface area contributed by atoms with E-state index in [-0.39, 0.29) is 0 Å². The summed E-state index contributed by atoms with van der Waals surface area (Å²) in [7, 11) is 0. The molecule has 1 heteroatoms. The van der Waals surface area contributed by atoms with Crippen molar-refractivity contribution >= 4 is 5.69 Å². The maximum atomic E-state index is 3.60. The maximum absolute atomic E-state index is 3.60. The lowest BCUT2D eigenvalue weighted by molar-refractivity contribution is 0.759. The lowest BCUT2D eigenvalue weighted by atomic mass is 10.0. The zero-order valence-electron chi connectivity index (χ0n) is 11.3. The van der Waals surface area contributed by atoms with Crippen LogP contribution < -0.4 is 5.32 Å². The van der Waals surface area contributed by atoms with Crippen molar-refractivity contribution in [2.75, 3.05) is 11.9 Å². The Balaban J connectivity index is 1.65. The summed E-state index contributed by atoms with van der Waals surface area (Å²) in [5.41, 5.74) is 4.07. The Hall–Kier alpha value is -1.76. The van der Waals surface area contributed by atoms with Crippen LogP contribution in [0.1, 0.15) is 30.4 Å². The first-order valence-corrected chi connectivity index (χ1v) is 7.27. The third kappa shape index (κ3) is 3.60. The SMILES string of the molecule is c1ccc(Cc2ccccc2NCCC2CC2)cc1. The van der Waals surface area contributed by atoms with Gasteiger partial charge in [0.05, 0.1) is 0 Å². The molecule has 19 heavy (non-hydrogen) atoms. The predicted molar refractivity (Wildman–Crippen MR) is 81.5 cm³/mol. The number of hydrogen-bond acceptors (Lipinski definition) is 1. The van der Waals surface area contributed by atoms with Gasteiger partial charge in [-0.1, -0.05) is 61.4 Å². The summed E-state index contributed by atoms with van der Waals surface area (Å²) in [6, 6.07) is 19.4. The minimum absolute atomic E-state index is 0.994. The van der Waals surface area contributed by atoms with E-state index in [0.29, 0.717) is 0 Å². The molecule has 1 saturated carbocycles. The lowest BCUT2D eigenvalue weighted by Gasteiger charge is -2.12. The third-order valence-corrected chi connectivity index (χ3v) is 3.82. The van der Waals surface area contributed by atoms with Crippen LogP contribution >= 0.6 is 0 Å². The molecule has 1 N–H and O–H groups in total. The topological polar surface area (TPSA) is 12.0 Å². The minimum atomic E-state index is 0.994. The van der Waals surface area contributed by atoms with E-state index in [2.05, 4.69) is 59.9 Å². The summed E-state index contributed by atoms with van der Waals surface area (Å²) in [6.07, 6.45) is 5.20. The molecule has 0 aromatic heterocycles.